The monoisotopic (exact) mass is 204 g/mol. The molecule has 1 N–H and O–H groups in total. The molecule has 0 spiro atoms. The molecule has 0 unspecified atom stereocenters. The Kier molecular flexibility index (Phi) is 4.65. The molecule has 0 atom stereocenters. The van der Waals surface area contributed by atoms with E-state index < -0.39 is 0 Å². The molecule has 0 saturated heterocycles. The molecule has 0 bridgehead atoms. The first-order valence-corrected chi connectivity index (χ1v) is 4.99. The highest BCUT2D eigenvalue weighted by molar-refractivity contribution is 5.36. The van der Waals surface area contributed by atoms with Crippen LogP contribution in [0, 0.1) is 18.3 Å². The maximum absolute atomic E-state index is 8.37. The molecule has 3 heteroatoms. The predicted octanol–water partition coefficient (Wildman–Crippen LogP) is 2.01. The Morgan fingerprint density at radius 2 is 2.27 bits per heavy atom. The van der Waals surface area contributed by atoms with Crippen molar-refractivity contribution in [1.29, 1.82) is 5.26 Å². The Morgan fingerprint density at radius 1 is 1.47 bits per heavy atom. The van der Waals surface area contributed by atoms with Gasteiger partial charge in [0.2, 0.25) is 0 Å². The van der Waals surface area contributed by atoms with Crippen molar-refractivity contribution >= 4 is 0 Å². The molecule has 1 aromatic carbocycles. The van der Waals surface area contributed by atoms with Gasteiger partial charge in [-0.3, -0.25) is 0 Å². The number of rotatable bonds is 5. The maximum atomic E-state index is 8.37. The van der Waals surface area contributed by atoms with E-state index >= 15 is 0 Å². The molecule has 0 fully saturated rings. The minimum atomic E-state index is 0.551. The van der Waals surface area contributed by atoms with Gasteiger partial charge in [-0.2, -0.15) is 5.26 Å². The molecular formula is C12H16N2O. The third-order valence-electron chi connectivity index (χ3n) is 2.20. The Labute approximate surface area is 90.7 Å². The van der Waals surface area contributed by atoms with Crippen molar-refractivity contribution in [1.82, 2.24) is 5.32 Å². The van der Waals surface area contributed by atoms with Crippen LogP contribution in [0.4, 0.5) is 0 Å². The second kappa shape index (κ2) is 6.05. The smallest absolute Gasteiger partial charge is 0.121 e. The van der Waals surface area contributed by atoms with Crippen molar-refractivity contribution < 1.29 is 4.74 Å². The minimum absolute atomic E-state index is 0.551. The van der Waals surface area contributed by atoms with E-state index in [1.54, 1.807) is 7.11 Å². The number of ether oxygens (including phenoxy) is 1. The van der Waals surface area contributed by atoms with Gasteiger partial charge in [-0.15, -0.1) is 0 Å². The van der Waals surface area contributed by atoms with E-state index in [2.05, 4.69) is 17.5 Å². The van der Waals surface area contributed by atoms with Gasteiger partial charge in [0.15, 0.2) is 0 Å². The van der Waals surface area contributed by atoms with E-state index in [4.69, 9.17) is 10.00 Å². The van der Waals surface area contributed by atoms with Crippen molar-refractivity contribution in [2.45, 2.75) is 19.9 Å². The van der Waals surface area contributed by atoms with E-state index in [0.717, 1.165) is 24.4 Å². The van der Waals surface area contributed by atoms with Gasteiger partial charge in [0.05, 0.1) is 13.2 Å². The number of methoxy groups -OCH3 is 1. The average Bonchev–Trinajstić information content (AvgIpc) is 2.25. The highest BCUT2D eigenvalue weighted by atomic mass is 16.5. The van der Waals surface area contributed by atoms with Crippen LogP contribution >= 0.6 is 0 Å². The molecule has 0 heterocycles. The highest BCUT2D eigenvalue weighted by Gasteiger charge is 1.99. The molecule has 0 amide bonds. The van der Waals surface area contributed by atoms with Crippen molar-refractivity contribution in [3.05, 3.63) is 29.3 Å². The highest BCUT2D eigenvalue weighted by Crippen LogP contribution is 2.18. The van der Waals surface area contributed by atoms with Gasteiger partial charge < -0.3 is 10.1 Å². The second-order valence-electron chi connectivity index (χ2n) is 3.39. The zero-order chi connectivity index (χ0) is 11.1. The number of hydrogen-bond donors (Lipinski definition) is 1. The summed E-state index contributed by atoms with van der Waals surface area (Å²) in [6, 6.07) is 8.20. The Balaban J connectivity index is 2.49. The van der Waals surface area contributed by atoms with Crippen LogP contribution in [0.5, 0.6) is 5.75 Å². The topological polar surface area (TPSA) is 45.0 Å². The fraction of sp³-hybridized carbons (Fsp3) is 0.417. The Hall–Kier alpha value is -1.53. The van der Waals surface area contributed by atoms with Crippen LogP contribution in [0.25, 0.3) is 0 Å². The first kappa shape index (κ1) is 11.5. The maximum Gasteiger partial charge on any atom is 0.121 e. The van der Waals surface area contributed by atoms with Crippen molar-refractivity contribution in [3.8, 4) is 11.8 Å². The molecule has 0 aliphatic heterocycles. The van der Waals surface area contributed by atoms with Crippen LogP contribution in [0.3, 0.4) is 0 Å². The fourth-order valence-corrected chi connectivity index (χ4v) is 1.43. The van der Waals surface area contributed by atoms with Crippen molar-refractivity contribution in [2.24, 2.45) is 0 Å². The number of benzene rings is 1. The van der Waals surface area contributed by atoms with Gasteiger partial charge in [0.1, 0.15) is 5.75 Å². The molecule has 1 rings (SSSR count). The van der Waals surface area contributed by atoms with Crippen LogP contribution in [0.2, 0.25) is 0 Å². The first-order chi connectivity index (χ1) is 7.27. The Bertz CT molecular complexity index is 355. The number of nitrogens with zero attached hydrogens (tertiary/aromatic N) is 1. The summed E-state index contributed by atoms with van der Waals surface area (Å²) in [5.74, 6) is 0.913. The summed E-state index contributed by atoms with van der Waals surface area (Å²) in [4.78, 5) is 0. The minimum Gasteiger partial charge on any atom is -0.496 e. The van der Waals surface area contributed by atoms with Crippen LogP contribution in [-0.4, -0.2) is 13.7 Å². The lowest BCUT2D eigenvalue weighted by molar-refractivity contribution is 0.411. The molecule has 0 aliphatic carbocycles. The van der Waals surface area contributed by atoms with E-state index in [1.165, 1.54) is 5.56 Å². The van der Waals surface area contributed by atoms with Gasteiger partial charge in [-0.25, -0.2) is 0 Å². The van der Waals surface area contributed by atoms with E-state index in [-0.39, 0.29) is 0 Å². The molecule has 15 heavy (non-hydrogen) atoms. The Morgan fingerprint density at radius 3 is 2.87 bits per heavy atom. The fourth-order valence-electron chi connectivity index (χ4n) is 1.43. The van der Waals surface area contributed by atoms with Gasteiger partial charge in [0.25, 0.3) is 0 Å². The van der Waals surface area contributed by atoms with Gasteiger partial charge in [-0.05, 0) is 24.1 Å². The lowest BCUT2D eigenvalue weighted by Crippen LogP contribution is -2.14. The summed E-state index contributed by atoms with van der Waals surface area (Å²) >= 11 is 0. The molecule has 80 valence electrons. The lowest BCUT2D eigenvalue weighted by Gasteiger charge is -2.07. The van der Waals surface area contributed by atoms with Gasteiger partial charge >= 0.3 is 0 Å². The zero-order valence-electron chi connectivity index (χ0n) is 9.21. The molecule has 3 nitrogen and oxygen atoms in total. The summed E-state index contributed by atoms with van der Waals surface area (Å²) < 4.78 is 5.18. The summed E-state index contributed by atoms with van der Waals surface area (Å²) in [7, 11) is 1.67. The SMILES string of the molecule is COc1ccc(CNCCC#N)cc1C. The summed E-state index contributed by atoms with van der Waals surface area (Å²) in [5.41, 5.74) is 2.35. The first-order valence-electron chi connectivity index (χ1n) is 4.99. The standard InChI is InChI=1S/C12H16N2O/c1-10-8-11(4-5-12(10)15-2)9-14-7-3-6-13/h4-5,8,14H,3,7,9H2,1-2H3. The lowest BCUT2D eigenvalue weighted by atomic mass is 10.1. The van der Waals surface area contributed by atoms with Crippen LogP contribution in [0.15, 0.2) is 18.2 Å². The van der Waals surface area contributed by atoms with Crippen LogP contribution < -0.4 is 10.1 Å². The molecule has 0 aromatic heterocycles. The average molecular weight is 204 g/mol. The normalized spacial score (nSPS) is 9.67. The van der Waals surface area contributed by atoms with Crippen LogP contribution in [-0.2, 0) is 6.54 Å². The molecule has 0 saturated carbocycles. The molecule has 0 radical (unpaired) electrons. The van der Waals surface area contributed by atoms with Gasteiger partial charge in [0, 0.05) is 19.5 Å². The summed E-state index contributed by atoms with van der Waals surface area (Å²) in [6.45, 7) is 3.56. The van der Waals surface area contributed by atoms with Crippen molar-refractivity contribution in [3.63, 3.8) is 0 Å². The molecule has 1 aromatic rings. The summed E-state index contributed by atoms with van der Waals surface area (Å²) in [5, 5.41) is 11.6. The third-order valence-corrected chi connectivity index (χ3v) is 2.20. The van der Waals surface area contributed by atoms with Crippen molar-refractivity contribution in [2.75, 3.05) is 13.7 Å². The second-order valence-corrected chi connectivity index (χ2v) is 3.39. The van der Waals surface area contributed by atoms with Gasteiger partial charge in [-0.1, -0.05) is 12.1 Å². The zero-order valence-corrected chi connectivity index (χ0v) is 9.21. The molecule has 0 aliphatic rings. The number of nitriles is 1. The number of aryl methyl sites for hydroxylation is 1. The third kappa shape index (κ3) is 3.61. The number of nitrogens with one attached hydrogen (secondary N) is 1. The number of hydrogen-bond acceptors (Lipinski definition) is 3. The van der Waals surface area contributed by atoms with E-state index in [0.29, 0.717) is 6.42 Å². The predicted molar refractivity (Wildman–Crippen MR) is 59.7 cm³/mol. The quantitative estimate of drug-likeness (QED) is 0.746. The largest absolute Gasteiger partial charge is 0.496 e. The molecular weight excluding hydrogens is 188 g/mol. The summed E-state index contributed by atoms with van der Waals surface area (Å²) in [6.07, 6.45) is 0.551. The van der Waals surface area contributed by atoms with E-state index in [1.807, 2.05) is 19.1 Å². The van der Waals surface area contributed by atoms with Crippen LogP contribution in [0.1, 0.15) is 17.5 Å². The van der Waals surface area contributed by atoms with E-state index in [9.17, 15) is 0 Å².